The van der Waals surface area contributed by atoms with Gasteiger partial charge in [0.1, 0.15) is 0 Å². The molecule has 0 aliphatic carbocycles. The number of carbonyl (C=O) groups excluding carboxylic acids is 1. The van der Waals surface area contributed by atoms with Crippen LogP contribution in [0.25, 0.3) is 0 Å². The SMILES string of the molecule is O=C(NCC1=CCNCC1)c1cc(F)c(F)cc1I. The minimum Gasteiger partial charge on any atom is -0.348 e. The summed E-state index contributed by atoms with van der Waals surface area (Å²) < 4.78 is 26.5. The molecule has 0 atom stereocenters. The van der Waals surface area contributed by atoms with Crippen molar-refractivity contribution < 1.29 is 13.6 Å². The molecule has 0 saturated heterocycles. The molecule has 0 fully saturated rings. The molecule has 0 spiro atoms. The van der Waals surface area contributed by atoms with Crippen molar-refractivity contribution >= 4 is 28.5 Å². The Labute approximate surface area is 123 Å². The lowest BCUT2D eigenvalue weighted by Gasteiger charge is -2.15. The summed E-state index contributed by atoms with van der Waals surface area (Å²) in [5.41, 5.74) is 1.30. The monoisotopic (exact) mass is 378 g/mol. The Kier molecular flexibility index (Phi) is 4.87. The summed E-state index contributed by atoms with van der Waals surface area (Å²) >= 11 is 1.82. The van der Waals surface area contributed by atoms with E-state index in [4.69, 9.17) is 0 Å². The Balaban J connectivity index is 2.03. The van der Waals surface area contributed by atoms with E-state index in [1.807, 2.05) is 28.7 Å². The van der Waals surface area contributed by atoms with Crippen LogP contribution in [0.4, 0.5) is 8.78 Å². The molecule has 19 heavy (non-hydrogen) atoms. The molecular weight excluding hydrogens is 365 g/mol. The van der Waals surface area contributed by atoms with Crippen LogP contribution >= 0.6 is 22.6 Å². The number of carbonyl (C=O) groups is 1. The first kappa shape index (κ1) is 14.4. The highest BCUT2D eigenvalue weighted by Crippen LogP contribution is 2.17. The van der Waals surface area contributed by atoms with E-state index in [9.17, 15) is 13.6 Å². The first-order valence-electron chi connectivity index (χ1n) is 5.89. The van der Waals surface area contributed by atoms with E-state index in [0.29, 0.717) is 10.1 Å². The van der Waals surface area contributed by atoms with Crippen molar-refractivity contribution in [1.82, 2.24) is 10.6 Å². The van der Waals surface area contributed by atoms with E-state index in [-0.39, 0.29) is 11.5 Å². The van der Waals surface area contributed by atoms with E-state index >= 15 is 0 Å². The molecule has 2 rings (SSSR count). The second kappa shape index (κ2) is 6.42. The van der Waals surface area contributed by atoms with Crippen molar-refractivity contribution in [3.05, 3.63) is 44.5 Å². The fourth-order valence-corrected chi connectivity index (χ4v) is 2.49. The average Bonchev–Trinajstić information content (AvgIpc) is 2.41. The highest BCUT2D eigenvalue weighted by molar-refractivity contribution is 14.1. The topological polar surface area (TPSA) is 41.1 Å². The van der Waals surface area contributed by atoms with Gasteiger partial charge >= 0.3 is 0 Å². The Bertz CT molecular complexity index is 532. The van der Waals surface area contributed by atoms with Gasteiger partial charge in [0.2, 0.25) is 0 Å². The first-order chi connectivity index (χ1) is 9.08. The maximum atomic E-state index is 13.1. The van der Waals surface area contributed by atoms with Gasteiger partial charge in [-0.05, 0) is 47.7 Å². The Morgan fingerprint density at radius 1 is 1.37 bits per heavy atom. The molecule has 0 radical (unpaired) electrons. The second-order valence-electron chi connectivity index (χ2n) is 4.25. The molecule has 0 bridgehead atoms. The lowest BCUT2D eigenvalue weighted by Crippen LogP contribution is -2.30. The van der Waals surface area contributed by atoms with Gasteiger partial charge in [0.25, 0.3) is 5.91 Å². The quantitative estimate of drug-likeness (QED) is 0.481. The van der Waals surface area contributed by atoms with Crippen LogP contribution in [0.5, 0.6) is 0 Å². The molecule has 0 aromatic heterocycles. The summed E-state index contributed by atoms with van der Waals surface area (Å²) in [5, 5.41) is 5.90. The van der Waals surface area contributed by atoms with E-state index in [1.54, 1.807) is 0 Å². The van der Waals surface area contributed by atoms with Gasteiger partial charge in [-0.1, -0.05) is 11.6 Å². The van der Waals surface area contributed by atoms with E-state index in [1.165, 1.54) is 0 Å². The Hall–Kier alpha value is -1.02. The van der Waals surface area contributed by atoms with E-state index < -0.39 is 11.6 Å². The third-order valence-electron chi connectivity index (χ3n) is 2.89. The van der Waals surface area contributed by atoms with Crippen LogP contribution in [0.15, 0.2) is 23.8 Å². The van der Waals surface area contributed by atoms with Crippen molar-refractivity contribution in [3.8, 4) is 0 Å². The van der Waals surface area contributed by atoms with Crippen molar-refractivity contribution in [1.29, 1.82) is 0 Å². The van der Waals surface area contributed by atoms with Crippen molar-refractivity contribution in [2.24, 2.45) is 0 Å². The molecule has 0 unspecified atom stereocenters. The standard InChI is InChI=1S/C13H13F2IN2O/c14-10-5-9(12(16)6-11(10)15)13(19)18-7-8-1-3-17-4-2-8/h1,5-6,17H,2-4,7H2,(H,18,19). The molecule has 1 aliphatic rings. The fraction of sp³-hybridized carbons (Fsp3) is 0.308. The van der Waals surface area contributed by atoms with Gasteiger partial charge in [-0.15, -0.1) is 0 Å². The van der Waals surface area contributed by atoms with Gasteiger partial charge in [0.15, 0.2) is 11.6 Å². The summed E-state index contributed by atoms with van der Waals surface area (Å²) in [6.45, 7) is 2.13. The molecule has 102 valence electrons. The van der Waals surface area contributed by atoms with Crippen molar-refractivity contribution in [2.75, 3.05) is 19.6 Å². The van der Waals surface area contributed by atoms with Gasteiger partial charge in [-0.2, -0.15) is 0 Å². The predicted octanol–water partition coefficient (Wildman–Crippen LogP) is 2.22. The lowest BCUT2D eigenvalue weighted by atomic mass is 10.1. The maximum absolute atomic E-state index is 13.1. The van der Waals surface area contributed by atoms with Crippen LogP contribution in [0.2, 0.25) is 0 Å². The summed E-state index contributed by atoms with van der Waals surface area (Å²) in [6.07, 6.45) is 2.91. The predicted molar refractivity (Wildman–Crippen MR) is 77.0 cm³/mol. The minimum atomic E-state index is -1.01. The molecule has 1 heterocycles. The highest BCUT2D eigenvalue weighted by atomic mass is 127. The molecule has 2 N–H and O–H groups in total. The molecule has 1 aromatic rings. The van der Waals surface area contributed by atoms with Gasteiger partial charge in [-0.25, -0.2) is 8.78 Å². The number of benzene rings is 1. The molecule has 1 amide bonds. The number of nitrogens with one attached hydrogen (secondary N) is 2. The minimum absolute atomic E-state index is 0.161. The normalized spacial score (nSPS) is 15.0. The number of rotatable bonds is 3. The number of hydrogen-bond donors (Lipinski definition) is 2. The van der Waals surface area contributed by atoms with Crippen molar-refractivity contribution in [2.45, 2.75) is 6.42 Å². The van der Waals surface area contributed by atoms with Crippen LogP contribution in [0.1, 0.15) is 16.8 Å². The van der Waals surface area contributed by atoms with Crippen LogP contribution in [-0.2, 0) is 0 Å². The average molecular weight is 378 g/mol. The zero-order valence-corrected chi connectivity index (χ0v) is 12.3. The van der Waals surface area contributed by atoms with Gasteiger partial charge in [0.05, 0.1) is 5.56 Å². The number of halogens is 3. The Morgan fingerprint density at radius 2 is 2.11 bits per heavy atom. The zero-order valence-electron chi connectivity index (χ0n) is 10.1. The molecule has 6 heteroatoms. The van der Waals surface area contributed by atoms with Gasteiger partial charge < -0.3 is 10.6 Å². The molecule has 1 aliphatic heterocycles. The van der Waals surface area contributed by atoms with Crippen LogP contribution < -0.4 is 10.6 Å². The number of amides is 1. The van der Waals surface area contributed by atoms with E-state index in [0.717, 1.165) is 37.2 Å². The molecule has 3 nitrogen and oxygen atoms in total. The molecule has 1 aromatic carbocycles. The summed E-state index contributed by atoms with van der Waals surface area (Å²) in [4.78, 5) is 11.9. The van der Waals surface area contributed by atoms with Crippen LogP contribution in [-0.4, -0.2) is 25.5 Å². The summed E-state index contributed by atoms with van der Waals surface area (Å²) in [5.74, 6) is -2.34. The Morgan fingerprint density at radius 3 is 2.79 bits per heavy atom. The zero-order chi connectivity index (χ0) is 13.8. The third-order valence-corrected chi connectivity index (χ3v) is 3.78. The lowest BCUT2D eigenvalue weighted by molar-refractivity contribution is 0.0955. The van der Waals surface area contributed by atoms with Gasteiger partial charge in [-0.3, -0.25) is 4.79 Å². The molecule has 0 saturated carbocycles. The summed E-state index contributed by atoms with van der Waals surface area (Å²) in [6, 6.07) is 1.96. The largest absolute Gasteiger partial charge is 0.348 e. The fourth-order valence-electron chi connectivity index (χ4n) is 1.82. The van der Waals surface area contributed by atoms with Crippen LogP contribution in [0, 0.1) is 15.2 Å². The van der Waals surface area contributed by atoms with Crippen molar-refractivity contribution in [3.63, 3.8) is 0 Å². The first-order valence-corrected chi connectivity index (χ1v) is 6.97. The second-order valence-corrected chi connectivity index (χ2v) is 5.41. The van der Waals surface area contributed by atoms with E-state index in [2.05, 4.69) is 10.6 Å². The third kappa shape index (κ3) is 3.73. The highest BCUT2D eigenvalue weighted by Gasteiger charge is 2.15. The smallest absolute Gasteiger partial charge is 0.252 e. The van der Waals surface area contributed by atoms with Gasteiger partial charge in [0, 0.05) is 16.7 Å². The summed E-state index contributed by atoms with van der Waals surface area (Å²) in [7, 11) is 0. The molecular formula is C13H13F2IN2O. The van der Waals surface area contributed by atoms with Crippen LogP contribution in [0.3, 0.4) is 0 Å². The maximum Gasteiger partial charge on any atom is 0.252 e. The number of hydrogen-bond acceptors (Lipinski definition) is 2.